The van der Waals surface area contributed by atoms with Gasteiger partial charge < -0.3 is 43.7 Å². The highest BCUT2D eigenvalue weighted by atomic mass is 16.5. The lowest BCUT2D eigenvalue weighted by Gasteiger charge is -2.41. The minimum Gasteiger partial charge on any atom is -0.508 e. The maximum Gasteiger partial charge on any atom is 0.258 e. The Balaban J connectivity index is 1.06. The molecule has 6 aromatic rings. The van der Waals surface area contributed by atoms with Crippen molar-refractivity contribution in [3.63, 3.8) is 0 Å². The van der Waals surface area contributed by atoms with Gasteiger partial charge in [-0.3, -0.25) is 14.4 Å². The van der Waals surface area contributed by atoms with E-state index in [1.807, 2.05) is 84.4 Å². The highest BCUT2D eigenvalue weighted by Gasteiger charge is 2.37. The number of aromatic nitrogens is 2. The van der Waals surface area contributed by atoms with Gasteiger partial charge in [0.05, 0.1) is 30.4 Å². The predicted octanol–water partition coefficient (Wildman–Crippen LogP) is 8.88. The summed E-state index contributed by atoms with van der Waals surface area (Å²) in [5.74, 6) is 0.399. The summed E-state index contributed by atoms with van der Waals surface area (Å²) in [6.45, 7) is 9.35. The molecule has 71 heavy (non-hydrogen) atoms. The average molecular weight is 954 g/mol. The number of anilines is 1. The minimum atomic E-state index is -0.359. The summed E-state index contributed by atoms with van der Waals surface area (Å²) in [7, 11) is 3.78. The third kappa shape index (κ3) is 9.71. The van der Waals surface area contributed by atoms with E-state index in [1.54, 1.807) is 12.1 Å². The van der Waals surface area contributed by atoms with Gasteiger partial charge in [-0.25, -0.2) is 0 Å². The second-order valence-corrected chi connectivity index (χ2v) is 19.8. The Hall–Kier alpha value is -7.14. The minimum absolute atomic E-state index is 0.00937. The average Bonchev–Trinajstić information content (AvgIpc) is 3.80. The number of likely N-dealkylation sites (tertiary alicyclic amines) is 1. The zero-order valence-electron chi connectivity index (χ0n) is 41.3. The summed E-state index contributed by atoms with van der Waals surface area (Å²) < 4.78 is 15.3. The van der Waals surface area contributed by atoms with E-state index in [0.29, 0.717) is 83.2 Å². The fourth-order valence-corrected chi connectivity index (χ4v) is 11.0. The van der Waals surface area contributed by atoms with E-state index in [-0.39, 0.29) is 42.0 Å². The lowest BCUT2D eigenvalue weighted by Crippen LogP contribution is -2.51. The molecule has 13 heteroatoms. The number of benzene rings is 4. The van der Waals surface area contributed by atoms with Crippen LogP contribution in [0.5, 0.6) is 11.5 Å². The second-order valence-electron chi connectivity index (χ2n) is 19.8. The fraction of sp³-hybridized carbons (Fsp3) is 0.379. The number of ether oxygens (including phenoxy) is 2. The molecule has 13 nitrogen and oxygen atoms in total. The summed E-state index contributed by atoms with van der Waals surface area (Å²) in [4.78, 5) is 51.4. The van der Waals surface area contributed by atoms with Crippen molar-refractivity contribution in [3.05, 3.63) is 147 Å². The first-order valence-electron chi connectivity index (χ1n) is 25.2. The van der Waals surface area contributed by atoms with Crippen LogP contribution in [0, 0.1) is 25.2 Å². The van der Waals surface area contributed by atoms with Crippen LogP contribution >= 0.6 is 0 Å². The Morgan fingerprint density at radius 3 is 2.28 bits per heavy atom. The van der Waals surface area contributed by atoms with E-state index in [9.17, 15) is 20.0 Å². The highest BCUT2D eigenvalue weighted by molar-refractivity contribution is 6.14. The second kappa shape index (κ2) is 20.3. The van der Waals surface area contributed by atoms with Crippen LogP contribution in [-0.4, -0.2) is 98.2 Å². The van der Waals surface area contributed by atoms with Gasteiger partial charge >= 0.3 is 0 Å². The fourth-order valence-electron chi connectivity index (χ4n) is 11.0. The number of hydrogen-bond donors (Lipinski definition) is 2. The molecule has 0 saturated carbocycles. The number of nitrogens with zero attached hydrogens (tertiary/aromatic N) is 6. The number of hydrogen-bond acceptors (Lipinski definition) is 8. The van der Waals surface area contributed by atoms with E-state index in [4.69, 9.17) is 9.47 Å². The molecule has 6 heterocycles. The predicted molar refractivity (Wildman–Crippen MR) is 273 cm³/mol. The molecule has 366 valence electrons. The molecule has 0 aliphatic carbocycles. The number of carbonyl (C=O) groups is 3. The van der Waals surface area contributed by atoms with Gasteiger partial charge in [0.1, 0.15) is 23.3 Å². The Labute approximate surface area is 416 Å². The number of nitriles is 1. The molecule has 4 aliphatic heterocycles. The molecule has 2 fully saturated rings. The van der Waals surface area contributed by atoms with Crippen molar-refractivity contribution in [2.45, 2.75) is 90.4 Å². The lowest BCUT2D eigenvalue weighted by molar-refractivity contribution is -0.131. The van der Waals surface area contributed by atoms with Gasteiger partial charge in [-0.15, -0.1) is 0 Å². The van der Waals surface area contributed by atoms with Crippen LogP contribution < -0.4 is 10.1 Å². The van der Waals surface area contributed by atoms with Gasteiger partial charge in [0.2, 0.25) is 5.91 Å². The van der Waals surface area contributed by atoms with Crippen molar-refractivity contribution in [1.29, 1.82) is 5.26 Å². The first kappa shape index (κ1) is 47.5. The van der Waals surface area contributed by atoms with Crippen LogP contribution in [0.15, 0.2) is 91.0 Å². The summed E-state index contributed by atoms with van der Waals surface area (Å²) in [5.41, 5.74) is 11.3. The molecule has 10 rings (SSSR count). The van der Waals surface area contributed by atoms with E-state index in [2.05, 4.69) is 45.5 Å². The molecular formula is C58H63N7O6. The molecule has 0 spiro atoms. The molecule has 2 N–H and O–H groups in total. The van der Waals surface area contributed by atoms with Crippen LogP contribution in [0.2, 0.25) is 0 Å². The third-order valence-corrected chi connectivity index (χ3v) is 15.5. The number of piperidine rings is 1. The van der Waals surface area contributed by atoms with Crippen molar-refractivity contribution in [1.82, 2.24) is 23.8 Å². The number of nitrogens with one attached hydrogen (secondary N) is 1. The quantitative estimate of drug-likeness (QED) is 0.109. The number of amides is 3. The molecular weight excluding hydrogens is 891 g/mol. The lowest BCUT2D eigenvalue weighted by atomic mass is 9.87. The Morgan fingerprint density at radius 1 is 0.831 bits per heavy atom. The zero-order valence-corrected chi connectivity index (χ0v) is 41.3. The normalized spacial score (nSPS) is 17.7. The summed E-state index contributed by atoms with van der Waals surface area (Å²) in [5, 5.41) is 23.4. The van der Waals surface area contributed by atoms with Crippen LogP contribution in [0.3, 0.4) is 0 Å². The van der Waals surface area contributed by atoms with Gasteiger partial charge in [-0.2, -0.15) is 5.26 Å². The third-order valence-electron chi connectivity index (χ3n) is 15.5. The smallest absolute Gasteiger partial charge is 0.258 e. The van der Waals surface area contributed by atoms with Crippen molar-refractivity contribution >= 4 is 23.4 Å². The maximum absolute atomic E-state index is 16.0. The number of phenols is 1. The van der Waals surface area contributed by atoms with Crippen LogP contribution in [0.1, 0.15) is 97.7 Å². The van der Waals surface area contributed by atoms with Crippen molar-refractivity contribution < 1.29 is 29.0 Å². The molecule has 1 unspecified atom stereocenters. The van der Waals surface area contributed by atoms with Gasteiger partial charge in [0, 0.05) is 98.7 Å². The summed E-state index contributed by atoms with van der Waals surface area (Å²) in [6.07, 6.45) is 7.27. The molecule has 2 atom stereocenters. The largest absolute Gasteiger partial charge is 0.508 e. The van der Waals surface area contributed by atoms with Crippen molar-refractivity contribution in [2.75, 3.05) is 44.7 Å². The Morgan fingerprint density at radius 2 is 1.58 bits per heavy atom. The Kier molecular flexibility index (Phi) is 13.6. The molecule has 0 bridgehead atoms. The van der Waals surface area contributed by atoms with Crippen LogP contribution in [0.4, 0.5) is 5.69 Å². The standard InChI is InChI=1S/C58H63N7O6/c1-37-50(32-45(33-59)61(37)3)55-54(57(68)60-44-14-16-47(66)17-15-44)38(2)62(4)56(55)51-30-41-20-25-64(53(67)28-39-12-18-48(19-13-39)70-26-21-49-22-27-71-49)34-43(41)31-52(51)58(69)65-35-42-11-7-6-10-40(42)29-46(65)36-63-23-8-5-9-24-63/h6-7,10-19,30-32,46,49,66H,5,8-9,20-29,34-36H2,1-4H3,(H,60,68)/t46-,49?/m0/s1. The number of carbonyl (C=O) groups excluding carboxylic acids is 3. The van der Waals surface area contributed by atoms with Crippen LogP contribution in [0.25, 0.3) is 22.4 Å². The van der Waals surface area contributed by atoms with E-state index < -0.39 is 0 Å². The van der Waals surface area contributed by atoms with Gasteiger partial charge in [0.25, 0.3) is 11.8 Å². The number of fused-ring (bicyclic) bond motifs is 2. The maximum atomic E-state index is 16.0. The molecule has 2 saturated heterocycles. The highest BCUT2D eigenvalue weighted by Crippen LogP contribution is 2.44. The molecule has 3 amide bonds. The zero-order chi connectivity index (χ0) is 49.3. The van der Waals surface area contributed by atoms with Crippen LogP contribution in [-0.2, 0) is 56.0 Å². The molecule has 4 aromatic carbocycles. The number of rotatable bonds is 13. The SMILES string of the molecule is Cc1c(-c2c(C(=O)Nc3ccc(O)cc3)c(C)n(C)c2-c2cc3c(cc2C(=O)N2Cc4ccccc4C[C@H]2CN2CCCCC2)CN(C(=O)Cc2ccc(OCCC4CCO4)cc2)CC3)cc(C#N)n1C. The van der Waals surface area contributed by atoms with Gasteiger partial charge in [-0.1, -0.05) is 42.8 Å². The van der Waals surface area contributed by atoms with Crippen molar-refractivity contribution in [2.24, 2.45) is 14.1 Å². The topological polar surface area (TPSA) is 145 Å². The molecule has 4 aliphatic rings. The first-order valence-corrected chi connectivity index (χ1v) is 25.2. The monoisotopic (exact) mass is 953 g/mol. The number of aromatic hydroxyl groups is 1. The Bertz CT molecular complexity index is 3030. The van der Waals surface area contributed by atoms with Crippen molar-refractivity contribution in [3.8, 4) is 40.0 Å². The van der Waals surface area contributed by atoms with E-state index in [0.717, 1.165) is 92.0 Å². The first-order chi connectivity index (χ1) is 34.4. The van der Waals surface area contributed by atoms with E-state index in [1.165, 1.54) is 24.1 Å². The molecule has 0 radical (unpaired) electrons. The summed E-state index contributed by atoms with van der Waals surface area (Å²) >= 11 is 0. The number of phenolic OH excluding ortho intramolecular Hbond substituents is 1. The van der Waals surface area contributed by atoms with Gasteiger partial charge in [0.15, 0.2) is 0 Å². The molecule has 2 aromatic heterocycles. The summed E-state index contributed by atoms with van der Waals surface area (Å²) in [6, 6.07) is 30.8. The van der Waals surface area contributed by atoms with E-state index >= 15 is 4.79 Å². The van der Waals surface area contributed by atoms with Gasteiger partial charge in [-0.05, 0) is 141 Å².